The lowest BCUT2D eigenvalue weighted by Crippen LogP contribution is -2.40. The smallest absolute Gasteiger partial charge is 0.134 e. The van der Waals surface area contributed by atoms with Gasteiger partial charge in [0.15, 0.2) is 0 Å². The van der Waals surface area contributed by atoms with Gasteiger partial charge in [-0.15, -0.1) is 0 Å². The zero-order valence-electron chi connectivity index (χ0n) is 13.1. The van der Waals surface area contributed by atoms with Crippen LogP contribution in [0.1, 0.15) is 38.3 Å². The minimum absolute atomic E-state index is 0.279. The van der Waals surface area contributed by atoms with E-state index in [1.807, 2.05) is 18.4 Å². The molecule has 1 fully saturated rings. The van der Waals surface area contributed by atoms with Crippen molar-refractivity contribution >= 4 is 11.0 Å². The number of benzene rings is 1. The fraction of sp³-hybridized carbons (Fsp3) is 0.556. The standard InChI is InChI=1S/C18H26N2O/c1-13(2)14-7-9-20(10-8-14)17(11-19)16-12-21-18-6-4-3-5-15(16)18/h3-6,12-14,17H,7-11,19H2,1-2H3. The maximum atomic E-state index is 6.10. The fourth-order valence-electron chi connectivity index (χ4n) is 3.63. The molecule has 3 rings (SSSR count). The van der Waals surface area contributed by atoms with Gasteiger partial charge >= 0.3 is 0 Å². The molecule has 3 nitrogen and oxygen atoms in total. The van der Waals surface area contributed by atoms with Crippen LogP contribution in [0.3, 0.4) is 0 Å². The summed E-state index contributed by atoms with van der Waals surface area (Å²) < 4.78 is 5.70. The second-order valence-electron chi connectivity index (χ2n) is 6.56. The Balaban J connectivity index is 1.80. The average Bonchev–Trinajstić information content (AvgIpc) is 2.93. The quantitative estimate of drug-likeness (QED) is 0.929. The summed E-state index contributed by atoms with van der Waals surface area (Å²) in [6.45, 7) is 7.61. The Bertz CT molecular complexity index is 582. The molecular formula is C18H26N2O. The average molecular weight is 286 g/mol. The third-order valence-electron chi connectivity index (χ3n) is 5.05. The van der Waals surface area contributed by atoms with E-state index in [0.717, 1.165) is 30.5 Å². The Morgan fingerprint density at radius 1 is 1.24 bits per heavy atom. The summed E-state index contributed by atoms with van der Waals surface area (Å²) in [5.74, 6) is 1.65. The van der Waals surface area contributed by atoms with Crippen LogP contribution in [-0.2, 0) is 0 Å². The fourth-order valence-corrected chi connectivity index (χ4v) is 3.63. The van der Waals surface area contributed by atoms with Crippen LogP contribution in [0.25, 0.3) is 11.0 Å². The molecule has 0 aliphatic carbocycles. The normalized spacial score (nSPS) is 19.4. The third-order valence-corrected chi connectivity index (χ3v) is 5.05. The first-order chi connectivity index (χ1) is 10.2. The summed E-state index contributed by atoms with van der Waals surface area (Å²) in [5.41, 5.74) is 8.30. The van der Waals surface area contributed by atoms with Gasteiger partial charge in [0.1, 0.15) is 5.58 Å². The lowest BCUT2D eigenvalue weighted by atomic mass is 9.86. The molecule has 2 heterocycles. The van der Waals surface area contributed by atoms with E-state index < -0.39 is 0 Å². The van der Waals surface area contributed by atoms with Gasteiger partial charge in [0.05, 0.1) is 12.3 Å². The van der Waals surface area contributed by atoms with Gasteiger partial charge in [0, 0.05) is 17.5 Å². The van der Waals surface area contributed by atoms with E-state index in [9.17, 15) is 0 Å². The number of fused-ring (bicyclic) bond motifs is 1. The van der Waals surface area contributed by atoms with E-state index in [4.69, 9.17) is 10.2 Å². The molecule has 3 heteroatoms. The van der Waals surface area contributed by atoms with Gasteiger partial charge in [-0.25, -0.2) is 0 Å². The number of nitrogens with zero attached hydrogens (tertiary/aromatic N) is 1. The minimum Gasteiger partial charge on any atom is -0.464 e. The van der Waals surface area contributed by atoms with Crippen molar-refractivity contribution < 1.29 is 4.42 Å². The van der Waals surface area contributed by atoms with Crippen molar-refractivity contribution in [2.45, 2.75) is 32.7 Å². The Morgan fingerprint density at radius 2 is 1.95 bits per heavy atom. The summed E-state index contributed by atoms with van der Waals surface area (Å²) in [5, 5.41) is 1.21. The van der Waals surface area contributed by atoms with Gasteiger partial charge in [-0.1, -0.05) is 32.0 Å². The molecule has 0 radical (unpaired) electrons. The molecular weight excluding hydrogens is 260 g/mol. The minimum atomic E-state index is 0.279. The Morgan fingerprint density at radius 3 is 2.62 bits per heavy atom. The van der Waals surface area contributed by atoms with Crippen molar-refractivity contribution in [1.82, 2.24) is 4.90 Å². The predicted octanol–water partition coefficient (Wildman–Crippen LogP) is 3.80. The van der Waals surface area contributed by atoms with Crippen molar-refractivity contribution in [3.8, 4) is 0 Å². The molecule has 2 N–H and O–H groups in total. The van der Waals surface area contributed by atoms with Gasteiger partial charge in [0.2, 0.25) is 0 Å². The Hall–Kier alpha value is -1.32. The number of likely N-dealkylation sites (tertiary alicyclic amines) is 1. The van der Waals surface area contributed by atoms with Crippen LogP contribution >= 0.6 is 0 Å². The highest BCUT2D eigenvalue weighted by Gasteiger charge is 2.28. The molecule has 1 aliphatic heterocycles. The van der Waals surface area contributed by atoms with E-state index in [2.05, 4.69) is 30.9 Å². The van der Waals surface area contributed by atoms with Gasteiger partial charge in [-0.2, -0.15) is 0 Å². The number of rotatable bonds is 4. The van der Waals surface area contributed by atoms with E-state index in [1.165, 1.54) is 23.8 Å². The van der Waals surface area contributed by atoms with Crippen LogP contribution < -0.4 is 5.73 Å². The highest BCUT2D eigenvalue weighted by molar-refractivity contribution is 5.81. The zero-order valence-corrected chi connectivity index (χ0v) is 13.1. The first kappa shape index (κ1) is 14.6. The second kappa shape index (κ2) is 6.20. The number of para-hydroxylation sites is 1. The van der Waals surface area contributed by atoms with Crippen molar-refractivity contribution in [2.75, 3.05) is 19.6 Å². The number of hydrogen-bond acceptors (Lipinski definition) is 3. The molecule has 1 saturated heterocycles. The second-order valence-corrected chi connectivity index (χ2v) is 6.56. The number of hydrogen-bond donors (Lipinski definition) is 1. The number of furan rings is 1. The third kappa shape index (κ3) is 2.85. The lowest BCUT2D eigenvalue weighted by molar-refractivity contribution is 0.117. The summed E-state index contributed by atoms with van der Waals surface area (Å²) >= 11 is 0. The first-order valence-corrected chi connectivity index (χ1v) is 8.11. The number of nitrogens with two attached hydrogens (primary N) is 1. The summed E-state index contributed by atoms with van der Waals surface area (Å²) in [7, 11) is 0. The van der Waals surface area contributed by atoms with Gasteiger partial charge in [-0.3, -0.25) is 4.90 Å². The summed E-state index contributed by atoms with van der Waals surface area (Å²) in [6.07, 6.45) is 4.46. The summed E-state index contributed by atoms with van der Waals surface area (Å²) in [4.78, 5) is 2.54. The van der Waals surface area contributed by atoms with Crippen molar-refractivity contribution in [2.24, 2.45) is 17.6 Å². The zero-order chi connectivity index (χ0) is 14.8. The van der Waals surface area contributed by atoms with Gasteiger partial charge < -0.3 is 10.2 Å². The maximum Gasteiger partial charge on any atom is 0.134 e. The maximum absolute atomic E-state index is 6.10. The van der Waals surface area contributed by atoms with Crippen LogP contribution in [0.2, 0.25) is 0 Å². The largest absolute Gasteiger partial charge is 0.464 e. The molecule has 0 saturated carbocycles. The summed E-state index contributed by atoms with van der Waals surface area (Å²) in [6, 6.07) is 8.53. The molecule has 114 valence electrons. The monoisotopic (exact) mass is 286 g/mol. The molecule has 0 bridgehead atoms. The van der Waals surface area contributed by atoms with Crippen molar-refractivity contribution in [1.29, 1.82) is 0 Å². The molecule has 0 spiro atoms. The number of piperidine rings is 1. The van der Waals surface area contributed by atoms with Crippen LogP contribution in [-0.4, -0.2) is 24.5 Å². The lowest BCUT2D eigenvalue weighted by Gasteiger charge is -2.38. The van der Waals surface area contributed by atoms with E-state index in [0.29, 0.717) is 6.54 Å². The van der Waals surface area contributed by atoms with Crippen LogP contribution in [0.4, 0.5) is 0 Å². The van der Waals surface area contributed by atoms with Crippen LogP contribution in [0.5, 0.6) is 0 Å². The van der Waals surface area contributed by atoms with E-state index in [-0.39, 0.29) is 6.04 Å². The first-order valence-electron chi connectivity index (χ1n) is 8.11. The van der Waals surface area contributed by atoms with E-state index in [1.54, 1.807) is 0 Å². The highest BCUT2D eigenvalue weighted by Crippen LogP contribution is 2.33. The topological polar surface area (TPSA) is 42.4 Å². The Labute approximate surface area is 127 Å². The Kier molecular flexibility index (Phi) is 4.32. The van der Waals surface area contributed by atoms with Gasteiger partial charge in [0.25, 0.3) is 0 Å². The predicted molar refractivity (Wildman–Crippen MR) is 87.1 cm³/mol. The molecule has 0 amide bonds. The molecule has 1 aliphatic rings. The van der Waals surface area contributed by atoms with Crippen molar-refractivity contribution in [3.63, 3.8) is 0 Å². The molecule has 1 aromatic heterocycles. The molecule has 1 aromatic carbocycles. The highest BCUT2D eigenvalue weighted by atomic mass is 16.3. The van der Waals surface area contributed by atoms with Crippen LogP contribution in [0, 0.1) is 11.8 Å². The van der Waals surface area contributed by atoms with Crippen molar-refractivity contribution in [3.05, 3.63) is 36.1 Å². The SMILES string of the molecule is CC(C)C1CCN(C(CN)c2coc3ccccc23)CC1. The van der Waals surface area contributed by atoms with E-state index >= 15 is 0 Å². The molecule has 1 unspecified atom stereocenters. The van der Waals surface area contributed by atoms with Gasteiger partial charge in [-0.05, 0) is 43.8 Å². The molecule has 21 heavy (non-hydrogen) atoms. The molecule has 1 atom stereocenters. The van der Waals surface area contributed by atoms with Crippen LogP contribution in [0.15, 0.2) is 34.9 Å². The molecule has 2 aromatic rings.